The van der Waals surface area contributed by atoms with Gasteiger partial charge in [-0.2, -0.15) is 0 Å². The van der Waals surface area contributed by atoms with Gasteiger partial charge in [-0.05, 0) is 37.5 Å². The van der Waals surface area contributed by atoms with Gasteiger partial charge in [0.25, 0.3) is 0 Å². The third-order valence-corrected chi connectivity index (χ3v) is 4.12. The van der Waals surface area contributed by atoms with Crippen LogP contribution in [0.15, 0.2) is 24.3 Å². The molecule has 0 aliphatic carbocycles. The van der Waals surface area contributed by atoms with Gasteiger partial charge in [-0.3, -0.25) is 4.79 Å². The van der Waals surface area contributed by atoms with Crippen molar-refractivity contribution in [2.24, 2.45) is 5.92 Å². The number of aliphatic hydroxyl groups excluding tert-OH is 1. The number of hydrogen-bond acceptors (Lipinski definition) is 4. The predicted molar refractivity (Wildman–Crippen MR) is 99.9 cm³/mol. The fourth-order valence-corrected chi connectivity index (χ4v) is 3.03. The molecule has 1 fully saturated rings. The van der Waals surface area contributed by atoms with E-state index in [1.807, 2.05) is 39.8 Å². The summed E-state index contributed by atoms with van der Waals surface area (Å²) in [7, 11) is 0. The molecule has 1 aliphatic heterocycles. The van der Waals surface area contributed by atoms with Crippen molar-refractivity contribution in [3.63, 3.8) is 0 Å². The van der Waals surface area contributed by atoms with Gasteiger partial charge in [-0.15, -0.1) is 0 Å². The number of nitrogens with one attached hydrogen (secondary N) is 2. The Labute approximate surface area is 154 Å². The summed E-state index contributed by atoms with van der Waals surface area (Å²) in [4.78, 5) is 25.6. The lowest BCUT2D eigenvalue weighted by Gasteiger charge is -2.41. The first kappa shape index (κ1) is 20.2. The smallest absolute Gasteiger partial charge is 0.319 e. The third-order valence-electron chi connectivity index (χ3n) is 4.12. The fourth-order valence-electron chi connectivity index (χ4n) is 3.03. The SMILES string of the molecule is CC(C)CN1C(=O)CO[C@H](c2ccc(NC(=O)NC(C)C)cc2)[C@H]1CO. The van der Waals surface area contributed by atoms with Crippen molar-refractivity contribution in [3.8, 4) is 0 Å². The van der Waals surface area contributed by atoms with Gasteiger partial charge in [0, 0.05) is 18.3 Å². The summed E-state index contributed by atoms with van der Waals surface area (Å²) in [6.07, 6.45) is -0.394. The Morgan fingerprint density at radius 2 is 1.92 bits per heavy atom. The molecular formula is C19H29N3O4. The van der Waals surface area contributed by atoms with Crippen molar-refractivity contribution >= 4 is 17.6 Å². The van der Waals surface area contributed by atoms with Crippen LogP contribution in [0.2, 0.25) is 0 Å². The number of carbonyl (C=O) groups excluding carboxylic acids is 2. The van der Waals surface area contributed by atoms with Crippen LogP contribution in [0.3, 0.4) is 0 Å². The molecule has 0 radical (unpaired) electrons. The Morgan fingerprint density at radius 3 is 2.46 bits per heavy atom. The number of amides is 3. The van der Waals surface area contributed by atoms with E-state index < -0.39 is 12.1 Å². The minimum absolute atomic E-state index is 0.00465. The molecule has 0 saturated carbocycles. The molecule has 144 valence electrons. The van der Waals surface area contributed by atoms with Crippen molar-refractivity contribution in [3.05, 3.63) is 29.8 Å². The highest BCUT2D eigenvalue weighted by Gasteiger charge is 2.37. The van der Waals surface area contributed by atoms with Crippen LogP contribution >= 0.6 is 0 Å². The summed E-state index contributed by atoms with van der Waals surface area (Å²) in [5, 5.41) is 15.4. The molecule has 7 heteroatoms. The first-order valence-corrected chi connectivity index (χ1v) is 9.01. The summed E-state index contributed by atoms with van der Waals surface area (Å²) in [5.74, 6) is 0.204. The molecule has 3 amide bonds. The summed E-state index contributed by atoms with van der Waals surface area (Å²) >= 11 is 0. The third kappa shape index (κ3) is 5.19. The molecule has 0 spiro atoms. The molecule has 0 unspecified atom stereocenters. The number of carbonyl (C=O) groups is 2. The van der Waals surface area contributed by atoms with Crippen LogP contribution in [0.25, 0.3) is 0 Å². The fraction of sp³-hybridized carbons (Fsp3) is 0.579. The normalized spacial score (nSPS) is 20.6. The van der Waals surface area contributed by atoms with Crippen molar-refractivity contribution < 1.29 is 19.4 Å². The van der Waals surface area contributed by atoms with Crippen LogP contribution in [0.5, 0.6) is 0 Å². The molecule has 26 heavy (non-hydrogen) atoms. The predicted octanol–water partition coefficient (Wildman–Crippen LogP) is 2.13. The average molecular weight is 363 g/mol. The number of rotatable bonds is 6. The maximum Gasteiger partial charge on any atom is 0.319 e. The standard InChI is InChI=1S/C19H29N3O4/c1-12(2)9-22-16(10-23)18(26-11-17(22)24)14-5-7-15(8-6-14)21-19(25)20-13(3)4/h5-8,12-13,16,18,23H,9-11H2,1-4H3,(H2,20,21,25)/t16-,18-/m1/s1. The van der Waals surface area contributed by atoms with Gasteiger partial charge in [0.05, 0.1) is 12.6 Å². The summed E-state index contributed by atoms with van der Waals surface area (Å²) in [6.45, 7) is 8.28. The molecule has 1 heterocycles. The number of morpholine rings is 1. The van der Waals surface area contributed by atoms with E-state index in [0.29, 0.717) is 18.2 Å². The molecule has 0 bridgehead atoms. The Balaban J connectivity index is 2.11. The summed E-state index contributed by atoms with van der Waals surface area (Å²) in [5.41, 5.74) is 1.53. The van der Waals surface area contributed by atoms with Gasteiger partial charge in [0.1, 0.15) is 12.7 Å². The summed E-state index contributed by atoms with van der Waals surface area (Å²) < 4.78 is 5.71. The zero-order chi connectivity index (χ0) is 19.3. The maximum atomic E-state index is 12.2. The number of benzene rings is 1. The molecule has 3 N–H and O–H groups in total. The highest BCUT2D eigenvalue weighted by atomic mass is 16.5. The van der Waals surface area contributed by atoms with Crippen molar-refractivity contribution in [2.45, 2.75) is 45.9 Å². The Bertz CT molecular complexity index is 616. The highest BCUT2D eigenvalue weighted by Crippen LogP contribution is 2.30. The Morgan fingerprint density at radius 1 is 1.27 bits per heavy atom. The number of aliphatic hydroxyl groups is 1. The van der Waals surface area contributed by atoms with Gasteiger partial charge < -0.3 is 25.4 Å². The molecular weight excluding hydrogens is 334 g/mol. The number of ether oxygens (including phenoxy) is 1. The number of urea groups is 1. The molecule has 0 aromatic heterocycles. The van der Waals surface area contributed by atoms with Gasteiger partial charge >= 0.3 is 6.03 Å². The lowest BCUT2D eigenvalue weighted by Crippen LogP contribution is -2.53. The number of anilines is 1. The summed E-state index contributed by atoms with van der Waals surface area (Å²) in [6, 6.07) is 6.65. The lowest BCUT2D eigenvalue weighted by atomic mass is 9.98. The van der Waals surface area contributed by atoms with E-state index in [-0.39, 0.29) is 31.2 Å². The van der Waals surface area contributed by atoms with Crippen LogP contribution in [0, 0.1) is 5.92 Å². The van der Waals surface area contributed by atoms with Crippen LogP contribution in [0.4, 0.5) is 10.5 Å². The van der Waals surface area contributed by atoms with Gasteiger partial charge in [0.15, 0.2) is 0 Å². The van der Waals surface area contributed by atoms with E-state index >= 15 is 0 Å². The monoisotopic (exact) mass is 363 g/mol. The second kappa shape index (κ2) is 9.00. The highest BCUT2D eigenvalue weighted by molar-refractivity contribution is 5.89. The minimum Gasteiger partial charge on any atom is -0.394 e. The zero-order valence-electron chi connectivity index (χ0n) is 15.9. The van der Waals surface area contributed by atoms with E-state index in [1.54, 1.807) is 17.0 Å². The molecule has 1 saturated heterocycles. The molecule has 7 nitrogen and oxygen atoms in total. The first-order chi connectivity index (χ1) is 12.3. The van der Waals surface area contributed by atoms with E-state index in [1.165, 1.54) is 0 Å². The van der Waals surface area contributed by atoms with Gasteiger partial charge in [-0.1, -0.05) is 26.0 Å². The Hall–Kier alpha value is -2.12. The minimum atomic E-state index is -0.415. The van der Waals surface area contributed by atoms with Crippen LogP contribution in [-0.2, 0) is 9.53 Å². The van der Waals surface area contributed by atoms with E-state index in [4.69, 9.17) is 4.74 Å². The van der Waals surface area contributed by atoms with Crippen molar-refractivity contribution in [2.75, 3.05) is 25.1 Å². The largest absolute Gasteiger partial charge is 0.394 e. The molecule has 2 rings (SSSR count). The average Bonchev–Trinajstić information content (AvgIpc) is 2.56. The second-order valence-electron chi connectivity index (χ2n) is 7.30. The number of hydrogen-bond donors (Lipinski definition) is 3. The van der Waals surface area contributed by atoms with Crippen molar-refractivity contribution in [1.82, 2.24) is 10.2 Å². The molecule has 1 aliphatic rings. The molecule has 1 aromatic carbocycles. The first-order valence-electron chi connectivity index (χ1n) is 9.01. The van der Waals surface area contributed by atoms with Crippen molar-refractivity contribution in [1.29, 1.82) is 0 Å². The zero-order valence-corrected chi connectivity index (χ0v) is 15.9. The maximum absolute atomic E-state index is 12.2. The van der Waals surface area contributed by atoms with E-state index in [9.17, 15) is 14.7 Å². The second-order valence-corrected chi connectivity index (χ2v) is 7.30. The van der Waals surface area contributed by atoms with Gasteiger partial charge in [-0.25, -0.2) is 4.79 Å². The van der Waals surface area contributed by atoms with Gasteiger partial charge in [0.2, 0.25) is 5.91 Å². The molecule has 2 atom stereocenters. The lowest BCUT2D eigenvalue weighted by molar-refractivity contribution is -0.161. The Kier molecular flexibility index (Phi) is 6.99. The quantitative estimate of drug-likeness (QED) is 0.722. The topological polar surface area (TPSA) is 90.9 Å². The van der Waals surface area contributed by atoms with Crippen LogP contribution < -0.4 is 10.6 Å². The van der Waals surface area contributed by atoms with Crippen LogP contribution in [0.1, 0.15) is 39.4 Å². The molecule has 1 aromatic rings. The number of nitrogens with zero attached hydrogens (tertiary/aromatic N) is 1. The van der Waals surface area contributed by atoms with E-state index in [2.05, 4.69) is 10.6 Å². The van der Waals surface area contributed by atoms with E-state index in [0.717, 1.165) is 5.56 Å². The van der Waals surface area contributed by atoms with Crippen LogP contribution in [-0.4, -0.2) is 53.8 Å².